The summed E-state index contributed by atoms with van der Waals surface area (Å²) in [6, 6.07) is 10.2. The van der Waals surface area contributed by atoms with E-state index >= 15 is 0 Å². The summed E-state index contributed by atoms with van der Waals surface area (Å²) in [5.74, 6) is 0.765. The summed E-state index contributed by atoms with van der Waals surface area (Å²) in [4.78, 5) is 21.9. The number of nitrogens with one attached hydrogen (secondary N) is 1. The van der Waals surface area contributed by atoms with E-state index in [1.165, 1.54) is 17.3 Å². The number of fused-ring (bicyclic) bond motifs is 1. The first-order valence-corrected chi connectivity index (χ1v) is 9.76. The summed E-state index contributed by atoms with van der Waals surface area (Å²) in [6.45, 7) is 4.14. The normalized spacial score (nSPS) is 14.4. The highest BCUT2D eigenvalue weighted by atomic mass is 32.2. The van der Waals surface area contributed by atoms with Gasteiger partial charge in [-0.2, -0.15) is 0 Å². The Kier molecular flexibility index (Phi) is 4.65. The molecule has 2 aromatic heterocycles. The van der Waals surface area contributed by atoms with Gasteiger partial charge in [0, 0.05) is 37.7 Å². The molecule has 4 rings (SSSR count). The minimum atomic E-state index is -0.0375. The molecular weight excluding hydrogens is 348 g/mol. The number of H-pyrrole nitrogens is 1. The van der Waals surface area contributed by atoms with E-state index < -0.39 is 0 Å². The molecule has 0 bridgehead atoms. The van der Waals surface area contributed by atoms with Crippen LogP contribution in [-0.4, -0.2) is 32.8 Å². The topological polar surface area (TPSA) is 75.0 Å². The molecule has 0 fully saturated rings. The Balaban J connectivity index is 1.49. The van der Waals surface area contributed by atoms with Crippen molar-refractivity contribution in [3.05, 3.63) is 63.2 Å². The first-order chi connectivity index (χ1) is 12.6. The molecular formula is C19H20N4O2S. The Morgan fingerprint density at radius 1 is 1.31 bits per heavy atom. The fourth-order valence-electron chi connectivity index (χ4n) is 3.16. The van der Waals surface area contributed by atoms with Crippen LogP contribution in [0.2, 0.25) is 0 Å². The van der Waals surface area contributed by atoms with Gasteiger partial charge in [-0.05, 0) is 13.2 Å². The van der Waals surface area contributed by atoms with E-state index in [1.54, 1.807) is 0 Å². The molecule has 7 heteroatoms. The number of nitrogens with zero attached hydrogens (tertiary/aromatic N) is 3. The smallest absolute Gasteiger partial charge is 0.256 e. The van der Waals surface area contributed by atoms with Gasteiger partial charge >= 0.3 is 0 Å². The zero-order chi connectivity index (χ0) is 18.1. The van der Waals surface area contributed by atoms with Crippen molar-refractivity contribution in [1.29, 1.82) is 0 Å². The Bertz CT molecular complexity index is 978. The molecule has 0 saturated heterocycles. The minimum absolute atomic E-state index is 0.0375. The fraction of sp³-hybridized carbons (Fsp3) is 0.316. The summed E-state index contributed by atoms with van der Waals surface area (Å²) >= 11 is 1.46. The number of hydrogen-bond acceptors (Lipinski definition) is 6. The van der Waals surface area contributed by atoms with Crippen LogP contribution >= 0.6 is 11.8 Å². The number of aromatic nitrogens is 3. The number of benzene rings is 1. The van der Waals surface area contributed by atoms with Gasteiger partial charge in [-0.3, -0.25) is 9.69 Å². The van der Waals surface area contributed by atoms with Gasteiger partial charge in [-0.1, -0.05) is 46.7 Å². The molecule has 0 spiro atoms. The molecule has 0 radical (unpaired) electrons. The zero-order valence-electron chi connectivity index (χ0n) is 14.8. The highest BCUT2D eigenvalue weighted by Crippen LogP contribution is 2.23. The van der Waals surface area contributed by atoms with Gasteiger partial charge in [-0.25, -0.2) is 4.98 Å². The van der Waals surface area contributed by atoms with E-state index in [9.17, 15) is 4.79 Å². The Morgan fingerprint density at radius 2 is 2.12 bits per heavy atom. The lowest BCUT2D eigenvalue weighted by Gasteiger charge is -2.26. The van der Waals surface area contributed by atoms with Gasteiger partial charge < -0.3 is 9.51 Å². The van der Waals surface area contributed by atoms with Crippen LogP contribution in [-0.2, 0) is 19.5 Å². The molecule has 3 heterocycles. The molecule has 1 aliphatic rings. The first-order valence-electron chi connectivity index (χ1n) is 8.53. The lowest BCUT2D eigenvalue weighted by molar-refractivity contribution is 0.233. The Labute approximate surface area is 155 Å². The van der Waals surface area contributed by atoms with E-state index in [1.807, 2.05) is 24.5 Å². The standard InChI is InChI=1S/C19H20N4O2S/c1-12-3-5-13(6-4-12)17-9-14(22-25-17)10-23-8-7-16-15(11-23)18(24)21-19(20-16)26-2/h3-6,9H,7-8,10-11H2,1-2H3,(H,20,21,24). The highest BCUT2D eigenvalue weighted by molar-refractivity contribution is 7.98. The maximum absolute atomic E-state index is 12.3. The van der Waals surface area contributed by atoms with Crippen LogP contribution in [0.15, 0.2) is 44.8 Å². The van der Waals surface area contributed by atoms with Gasteiger partial charge in [0.1, 0.15) is 0 Å². The fourth-order valence-corrected chi connectivity index (χ4v) is 3.56. The summed E-state index contributed by atoms with van der Waals surface area (Å²) in [6.07, 6.45) is 2.69. The third kappa shape index (κ3) is 3.45. The molecule has 0 aliphatic carbocycles. The molecule has 26 heavy (non-hydrogen) atoms. The summed E-state index contributed by atoms with van der Waals surface area (Å²) in [5, 5.41) is 4.88. The van der Waals surface area contributed by atoms with Crippen LogP contribution in [0.3, 0.4) is 0 Å². The molecule has 0 unspecified atom stereocenters. The molecule has 1 N–H and O–H groups in total. The van der Waals surface area contributed by atoms with E-state index in [0.717, 1.165) is 41.2 Å². The van der Waals surface area contributed by atoms with Crippen molar-refractivity contribution in [2.45, 2.75) is 31.6 Å². The lowest BCUT2D eigenvalue weighted by Crippen LogP contribution is -2.35. The maximum Gasteiger partial charge on any atom is 0.256 e. The average molecular weight is 368 g/mol. The van der Waals surface area contributed by atoms with Crippen molar-refractivity contribution in [1.82, 2.24) is 20.0 Å². The quantitative estimate of drug-likeness (QED) is 0.564. The molecule has 1 aromatic carbocycles. The van der Waals surface area contributed by atoms with Crippen LogP contribution in [0, 0.1) is 6.92 Å². The van der Waals surface area contributed by atoms with E-state index in [0.29, 0.717) is 18.2 Å². The third-order valence-electron chi connectivity index (χ3n) is 4.60. The van der Waals surface area contributed by atoms with Crippen LogP contribution in [0.5, 0.6) is 0 Å². The van der Waals surface area contributed by atoms with Crippen LogP contribution in [0.25, 0.3) is 11.3 Å². The Hall–Kier alpha value is -2.38. The molecule has 0 amide bonds. The van der Waals surface area contributed by atoms with E-state index in [4.69, 9.17) is 4.52 Å². The predicted octanol–water partition coefficient (Wildman–Crippen LogP) is 3.01. The third-order valence-corrected chi connectivity index (χ3v) is 5.18. The van der Waals surface area contributed by atoms with Crippen LogP contribution in [0.1, 0.15) is 22.5 Å². The van der Waals surface area contributed by atoms with Gasteiger partial charge in [0.05, 0.1) is 17.0 Å². The molecule has 3 aromatic rings. The summed E-state index contributed by atoms with van der Waals surface area (Å²) in [7, 11) is 0. The summed E-state index contributed by atoms with van der Waals surface area (Å²) in [5.41, 5.74) is 4.73. The second-order valence-corrected chi connectivity index (χ2v) is 7.30. The first kappa shape index (κ1) is 17.1. The van der Waals surface area contributed by atoms with Gasteiger partial charge in [-0.15, -0.1) is 0 Å². The number of aromatic amines is 1. The number of thioether (sulfide) groups is 1. The van der Waals surface area contributed by atoms with Crippen LogP contribution in [0.4, 0.5) is 0 Å². The van der Waals surface area contributed by atoms with Crippen LogP contribution < -0.4 is 5.56 Å². The highest BCUT2D eigenvalue weighted by Gasteiger charge is 2.22. The number of rotatable bonds is 4. The second kappa shape index (κ2) is 7.09. The second-order valence-electron chi connectivity index (χ2n) is 6.51. The van der Waals surface area contributed by atoms with Gasteiger partial charge in [0.25, 0.3) is 5.56 Å². The Morgan fingerprint density at radius 3 is 2.88 bits per heavy atom. The van der Waals surface area contributed by atoms with Gasteiger partial charge in [0.2, 0.25) is 0 Å². The predicted molar refractivity (Wildman–Crippen MR) is 101 cm³/mol. The summed E-state index contributed by atoms with van der Waals surface area (Å²) < 4.78 is 5.50. The number of hydrogen-bond donors (Lipinski definition) is 1. The van der Waals surface area contributed by atoms with Crippen molar-refractivity contribution >= 4 is 11.8 Å². The largest absolute Gasteiger partial charge is 0.356 e. The monoisotopic (exact) mass is 368 g/mol. The van der Waals surface area contributed by atoms with Crippen molar-refractivity contribution in [2.75, 3.05) is 12.8 Å². The van der Waals surface area contributed by atoms with E-state index in [-0.39, 0.29) is 5.56 Å². The number of aryl methyl sites for hydroxylation is 1. The average Bonchev–Trinajstić information content (AvgIpc) is 3.11. The van der Waals surface area contributed by atoms with Gasteiger partial charge in [0.15, 0.2) is 10.9 Å². The van der Waals surface area contributed by atoms with Crippen molar-refractivity contribution < 1.29 is 4.52 Å². The SMILES string of the molecule is CSc1nc2c(c(=O)[nH]1)CN(Cc1cc(-c3ccc(C)cc3)on1)CC2. The molecule has 134 valence electrons. The lowest BCUT2D eigenvalue weighted by atomic mass is 10.1. The van der Waals surface area contributed by atoms with Crippen molar-refractivity contribution in [3.8, 4) is 11.3 Å². The van der Waals surface area contributed by atoms with E-state index in [2.05, 4.69) is 39.1 Å². The molecule has 1 aliphatic heterocycles. The molecule has 0 atom stereocenters. The molecule has 6 nitrogen and oxygen atoms in total. The van der Waals surface area contributed by atoms with Crippen molar-refractivity contribution in [2.24, 2.45) is 0 Å². The van der Waals surface area contributed by atoms with Crippen molar-refractivity contribution in [3.63, 3.8) is 0 Å². The zero-order valence-corrected chi connectivity index (χ0v) is 15.6. The molecule has 0 saturated carbocycles. The maximum atomic E-state index is 12.3. The minimum Gasteiger partial charge on any atom is -0.356 e.